The third kappa shape index (κ3) is 4.02. The monoisotopic (exact) mass is 307 g/mol. The zero-order valence-electron chi connectivity index (χ0n) is 14.0. The van der Waals surface area contributed by atoms with Gasteiger partial charge in [0, 0.05) is 19.1 Å². The fourth-order valence-corrected chi connectivity index (χ4v) is 4.68. The van der Waals surface area contributed by atoms with Crippen molar-refractivity contribution in [2.45, 2.75) is 76.3 Å². The molecular formula is C18H33N3O. The molecule has 1 aliphatic carbocycles. The number of nitrogens with zero attached hydrogens (tertiary/aromatic N) is 2. The molecule has 1 saturated carbocycles. The molecule has 3 aliphatic rings. The van der Waals surface area contributed by atoms with Crippen LogP contribution in [0.5, 0.6) is 0 Å². The summed E-state index contributed by atoms with van der Waals surface area (Å²) < 4.78 is 0. The van der Waals surface area contributed by atoms with Crippen LogP contribution in [0.4, 0.5) is 0 Å². The summed E-state index contributed by atoms with van der Waals surface area (Å²) in [4.78, 5) is 17.3. The number of likely N-dealkylation sites (tertiary alicyclic amines) is 2. The molecule has 2 N–H and O–H groups in total. The number of piperidine rings is 1. The molecule has 1 amide bonds. The van der Waals surface area contributed by atoms with E-state index in [1.807, 2.05) is 4.90 Å². The summed E-state index contributed by atoms with van der Waals surface area (Å²) in [5.74, 6) is 0.903. The zero-order valence-corrected chi connectivity index (χ0v) is 14.0. The lowest BCUT2D eigenvalue weighted by atomic mass is 9.84. The Balaban J connectivity index is 1.42. The molecule has 2 aliphatic heterocycles. The van der Waals surface area contributed by atoms with Gasteiger partial charge in [0.25, 0.3) is 0 Å². The largest absolute Gasteiger partial charge is 0.341 e. The minimum absolute atomic E-state index is 0.213. The van der Waals surface area contributed by atoms with Gasteiger partial charge in [-0.25, -0.2) is 0 Å². The summed E-state index contributed by atoms with van der Waals surface area (Å²) in [6.07, 6.45) is 12.5. The lowest BCUT2D eigenvalue weighted by Crippen LogP contribution is -2.51. The van der Waals surface area contributed by atoms with Crippen molar-refractivity contribution in [1.29, 1.82) is 0 Å². The third-order valence-corrected chi connectivity index (χ3v) is 6.06. The Hall–Kier alpha value is -0.610. The molecule has 0 aromatic carbocycles. The topological polar surface area (TPSA) is 49.6 Å². The van der Waals surface area contributed by atoms with Crippen molar-refractivity contribution in [3.05, 3.63) is 0 Å². The summed E-state index contributed by atoms with van der Waals surface area (Å²) >= 11 is 0. The molecule has 22 heavy (non-hydrogen) atoms. The molecule has 0 aromatic rings. The maximum absolute atomic E-state index is 12.6. The average molecular weight is 307 g/mol. The van der Waals surface area contributed by atoms with E-state index in [-0.39, 0.29) is 11.9 Å². The first-order valence-corrected chi connectivity index (χ1v) is 9.52. The Morgan fingerprint density at radius 3 is 2.18 bits per heavy atom. The van der Waals surface area contributed by atoms with Crippen molar-refractivity contribution >= 4 is 5.91 Å². The molecule has 1 unspecified atom stereocenters. The van der Waals surface area contributed by atoms with Gasteiger partial charge >= 0.3 is 0 Å². The summed E-state index contributed by atoms with van der Waals surface area (Å²) in [6.45, 7) is 4.36. The van der Waals surface area contributed by atoms with Crippen LogP contribution in [0.1, 0.15) is 64.2 Å². The predicted molar refractivity (Wildman–Crippen MR) is 89.6 cm³/mol. The van der Waals surface area contributed by atoms with Gasteiger partial charge in [0.05, 0.1) is 6.04 Å². The minimum Gasteiger partial charge on any atom is -0.341 e. The van der Waals surface area contributed by atoms with Gasteiger partial charge in [-0.3, -0.25) is 4.79 Å². The minimum atomic E-state index is -0.258. The van der Waals surface area contributed by atoms with Gasteiger partial charge < -0.3 is 15.5 Å². The molecule has 0 spiro atoms. The molecule has 0 aromatic heterocycles. The van der Waals surface area contributed by atoms with E-state index in [4.69, 9.17) is 5.73 Å². The van der Waals surface area contributed by atoms with Gasteiger partial charge in [-0.15, -0.1) is 0 Å². The number of carbonyl (C=O) groups is 1. The summed E-state index contributed by atoms with van der Waals surface area (Å²) in [5, 5.41) is 0. The van der Waals surface area contributed by atoms with Gasteiger partial charge in [-0.2, -0.15) is 0 Å². The summed E-state index contributed by atoms with van der Waals surface area (Å²) in [5.41, 5.74) is 6.23. The fourth-order valence-electron chi connectivity index (χ4n) is 4.68. The number of rotatable bonds is 4. The smallest absolute Gasteiger partial charge is 0.239 e. The van der Waals surface area contributed by atoms with E-state index in [0.717, 1.165) is 32.4 Å². The fraction of sp³-hybridized carbons (Fsp3) is 0.944. The molecule has 0 radical (unpaired) electrons. The maximum Gasteiger partial charge on any atom is 0.239 e. The highest BCUT2D eigenvalue weighted by Crippen LogP contribution is 2.28. The molecular weight excluding hydrogens is 274 g/mol. The van der Waals surface area contributed by atoms with Crippen LogP contribution < -0.4 is 5.73 Å². The van der Waals surface area contributed by atoms with Crippen molar-refractivity contribution in [2.75, 3.05) is 26.2 Å². The number of hydrogen-bond donors (Lipinski definition) is 1. The van der Waals surface area contributed by atoms with E-state index in [2.05, 4.69) is 4.90 Å². The SMILES string of the molecule is NC(CC1CCCCC1)C(=O)N1CCC(N2CCCC2)CC1. The van der Waals surface area contributed by atoms with Crippen LogP contribution in [-0.4, -0.2) is 54.0 Å². The van der Waals surface area contributed by atoms with E-state index in [1.54, 1.807) is 0 Å². The molecule has 3 rings (SSSR count). The normalized spacial score (nSPS) is 27.2. The van der Waals surface area contributed by atoms with Crippen molar-refractivity contribution < 1.29 is 4.79 Å². The summed E-state index contributed by atoms with van der Waals surface area (Å²) in [7, 11) is 0. The van der Waals surface area contributed by atoms with Crippen molar-refractivity contribution in [1.82, 2.24) is 9.80 Å². The van der Waals surface area contributed by atoms with Gasteiger partial charge in [0.2, 0.25) is 5.91 Å². The van der Waals surface area contributed by atoms with Gasteiger partial charge in [0.1, 0.15) is 0 Å². The first-order chi connectivity index (χ1) is 10.7. The average Bonchev–Trinajstić information content (AvgIpc) is 3.10. The number of amides is 1. The lowest BCUT2D eigenvalue weighted by molar-refractivity contribution is -0.134. The molecule has 4 heteroatoms. The molecule has 126 valence electrons. The zero-order chi connectivity index (χ0) is 15.4. The number of carbonyl (C=O) groups excluding carboxylic acids is 1. The van der Waals surface area contributed by atoms with Crippen LogP contribution in [0.3, 0.4) is 0 Å². The van der Waals surface area contributed by atoms with Crippen LogP contribution in [0, 0.1) is 5.92 Å². The first kappa shape index (κ1) is 16.3. The van der Waals surface area contributed by atoms with Gasteiger partial charge in [-0.05, 0) is 51.1 Å². The van der Waals surface area contributed by atoms with E-state index < -0.39 is 0 Å². The second-order valence-corrected chi connectivity index (χ2v) is 7.65. The highest BCUT2D eigenvalue weighted by molar-refractivity contribution is 5.81. The molecule has 4 nitrogen and oxygen atoms in total. The van der Waals surface area contributed by atoms with E-state index >= 15 is 0 Å². The van der Waals surface area contributed by atoms with Crippen LogP contribution >= 0.6 is 0 Å². The molecule has 2 saturated heterocycles. The van der Waals surface area contributed by atoms with Crippen molar-refractivity contribution in [3.8, 4) is 0 Å². The second-order valence-electron chi connectivity index (χ2n) is 7.65. The molecule has 1 atom stereocenters. The van der Waals surface area contributed by atoms with Gasteiger partial charge in [-0.1, -0.05) is 32.1 Å². The van der Waals surface area contributed by atoms with Crippen LogP contribution in [0.25, 0.3) is 0 Å². The van der Waals surface area contributed by atoms with E-state index in [9.17, 15) is 4.79 Å². The van der Waals surface area contributed by atoms with Crippen molar-refractivity contribution in [3.63, 3.8) is 0 Å². The quantitative estimate of drug-likeness (QED) is 0.867. The number of nitrogens with two attached hydrogens (primary N) is 1. The van der Waals surface area contributed by atoms with Crippen LogP contribution in [-0.2, 0) is 4.79 Å². The Labute approximate surface area is 135 Å². The van der Waals surface area contributed by atoms with E-state index in [1.165, 1.54) is 58.0 Å². The predicted octanol–water partition coefficient (Wildman–Crippen LogP) is 2.37. The Morgan fingerprint density at radius 1 is 0.909 bits per heavy atom. The lowest BCUT2D eigenvalue weighted by Gasteiger charge is -2.38. The molecule has 2 heterocycles. The second kappa shape index (κ2) is 7.78. The van der Waals surface area contributed by atoms with Crippen molar-refractivity contribution in [2.24, 2.45) is 11.7 Å². The highest BCUT2D eigenvalue weighted by atomic mass is 16.2. The van der Waals surface area contributed by atoms with Gasteiger partial charge in [0.15, 0.2) is 0 Å². The Morgan fingerprint density at radius 2 is 1.55 bits per heavy atom. The first-order valence-electron chi connectivity index (χ1n) is 9.52. The molecule has 3 fully saturated rings. The standard InChI is InChI=1S/C18H33N3O/c19-17(14-15-6-2-1-3-7-15)18(22)21-12-8-16(9-13-21)20-10-4-5-11-20/h15-17H,1-14,19H2. The third-order valence-electron chi connectivity index (χ3n) is 6.06. The Kier molecular flexibility index (Phi) is 5.75. The summed E-state index contributed by atoms with van der Waals surface area (Å²) in [6, 6.07) is 0.451. The van der Waals surface area contributed by atoms with Crippen LogP contribution in [0.2, 0.25) is 0 Å². The van der Waals surface area contributed by atoms with Crippen LogP contribution in [0.15, 0.2) is 0 Å². The highest BCUT2D eigenvalue weighted by Gasteiger charge is 2.31. The number of hydrogen-bond acceptors (Lipinski definition) is 3. The Bertz CT molecular complexity index is 353. The maximum atomic E-state index is 12.6. The molecule has 0 bridgehead atoms. The van der Waals surface area contributed by atoms with E-state index in [0.29, 0.717) is 12.0 Å².